The lowest BCUT2D eigenvalue weighted by atomic mass is 10.3. The molecule has 0 aromatic carbocycles. The summed E-state index contributed by atoms with van der Waals surface area (Å²) < 4.78 is 39.1. The van der Waals surface area contributed by atoms with Gasteiger partial charge in [-0.3, -0.25) is 4.90 Å². The zero-order valence-corrected chi connectivity index (χ0v) is 14.5. The molecule has 0 N–H and O–H groups in total. The standard InChI is InChI=1S/C14H24N4O4S/c1-12-13(2)22-14(15-12)11-16-3-5-17(6-4-16)23(19,20)18-7-9-21-10-8-18/h3-11H2,1-2H3. The maximum Gasteiger partial charge on any atom is 0.282 e. The summed E-state index contributed by atoms with van der Waals surface area (Å²) in [5.74, 6) is 1.54. The molecule has 0 spiro atoms. The van der Waals surface area contributed by atoms with E-state index in [2.05, 4.69) is 9.88 Å². The Balaban J connectivity index is 1.55. The number of aromatic nitrogens is 1. The summed E-state index contributed by atoms with van der Waals surface area (Å²) in [6, 6.07) is 0. The highest BCUT2D eigenvalue weighted by Crippen LogP contribution is 2.16. The SMILES string of the molecule is Cc1nc(CN2CCN(S(=O)(=O)N3CCOCC3)CC2)oc1C. The smallest absolute Gasteiger partial charge is 0.282 e. The van der Waals surface area contributed by atoms with Gasteiger partial charge in [0.15, 0.2) is 0 Å². The van der Waals surface area contributed by atoms with Crippen molar-refractivity contribution in [3.63, 3.8) is 0 Å². The van der Waals surface area contributed by atoms with Crippen molar-refractivity contribution in [2.45, 2.75) is 20.4 Å². The van der Waals surface area contributed by atoms with Gasteiger partial charge in [0.1, 0.15) is 5.76 Å². The quantitative estimate of drug-likeness (QED) is 0.764. The molecule has 2 aliphatic rings. The fraction of sp³-hybridized carbons (Fsp3) is 0.786. The van der Waals surface area contributed by atoms with E-state index >= 15 is 0 Å². The Morgan fingerprint density at radius 1 is 1.00 bits per heavy atom. The summed E-state index contributed by atoms with van der Waals surface area (Å²) in [6.07, 6.45) is 0. The van der Waals surface area contributed by atoms with Crippen LogP contribution < -0.4 is 0 Å². The van der Waals surface area contributed by atoms with E-state index in [4.69, 9.17) is 9.15 Å². The molecule has 0 bridgehead atoms. The number of aryl methyl sites for hydroxylation is 2. The van der Waals surface area contributed by atoms with Gasteiger partial charge in [-0.05, 0) is 13.8 Å². The second-order valence-corrected chi connectivity index (χ2v) is 7.87. The van der Waals surface area contributed by atoms with Gasteiger partial charge in [0.2, 0.25) is 5.89 Å². The average Bonchev–Trinajstić information content (AvgIpc) is 2.86. The topological polar surface area (TPSA) is 79.1 Å². The third-order valence-electron chi connectivity index (χ3n) is 4.39. The fourth-order valence-corrected chi connectivity index (χ4v) is 4.42. The van der Waals surface area contributed by atoms with Gasteiger partial charge < -0.3 is 9.15 Å². The first kappa shape index (κ1) is 16.8. The lowest BCUT2D eigenvalue weighted by molar-refractivity contribution is 0.0682. The van der Waals surface area contributed by atoms with Gasteiger partial charge in [-0.2, -0.15) is 17.0 Å². The number of morpholine rings is 1. The van der Waals surface area contributed by atoms with Crippen LogP contribution in [0.25, 0.3) is 0 Å². The fourth-order valence-electron chi connectivity index (χ4n) is 2.86. The highest BCUT2D eigenvalue weighted by molar-refractivity contribution is 7.86. The molecule has 0 amide bonds. The summed E-state index contributed by atoms with van der Waals surface area (Å²) in [6.45, 7) is 8.65. The molecule has 0 atom stereocenters. The summed E-state index contributed by atoms with van der Waals surface area (Å²) >= 11 is 0. The molecule has 0 unspecified atom stereocenters. The number of ether oxygens (including phenoxy) is 1. The first-order valence-corrected chi connectivity index (χ1v) is 9.35. The highest BCUT2D eigenvalue weighted by Gasteiger charge is 2.33. The van der Waals surface area contributed by atoms with Gasteiger partial charge in [-0.25, -0.2) is 4.98 Å². The van der Waals surface area contributed by atoms with Gasteiger partial charge in [0.05, 0.1) is 25.5 Å². The lowest BCUT2D eigenvalue weighted by Crippen LogP contribution is -2.54. The van der Waals surface area contributed by atoms with Crippen molar-refractivity contribution in [3.8, 4) is 0 Å². The molecule has 0 saturated carbocycles. The number of piperazine rings is 1. The molecule has 2 saturated heterocycles. The van der Waals surface area contributed by atoms with Gasteiger partial charge in [-0.15, -0.1) is 0 Å². The zero-order chi connectivity index (χ0) is 16.4. The Morgan fingerprint density at radius 2 is 1.61 bits per heavy atom. The Labute approximate surface area is 137 Å². The highest BCUT2D eigenvalue weighted by atomic mass is 32.2. The van der Waals surface area contributed by atoms with Crippen molar-refractivity contribution in [2.75, 3.05) is 52.5 Å². The summed E-state index contributed by atoms with van der Waals surface area (Å²) in [4.78, 5) is 6.56. The summed E-state index contributed by atoms with van der Waals surface area (Å²) in [5.41, 5.74) is 0.911. The van der Waals surface area contributed by atoms with E-state index in [1.165, 1.54) is 4.31 Å². The van der Waals surface area contributed by atoms with Crippen LogP contribution in [-0.2, 0) is 21.5 Å². The predicted octanol–water partition coefficient (Wildman–Crippen LogP) is -0.0140. The molecule has 2 fully saturated rings. The molecular formula is C14H24N4O4S. The van der Waals surface area contributed by atoms with Crippen molar-refractivity contribution < 1.29 is 17.6 Å². The Kier molecular flexibility index (Phi) is 5.02. The molecular weight excluding hydrogens is 320 g/mol. The van der Waals surface area contributed by atoms with Crippen molar-refractivity contribution in [1.82, 2.24) is 18.5 Å². The molecule has 130 valence electrons. The third-order valence-corrected chi connectivity index (χ3v) is 6.42. The molecule has 1 aromatic rings. The number of hydrogen-bond acceptors (Lipinski definition) is 6. The van der Waals surface area contributed by atoms with Crippen LogP contribution in [0.5, 0.6) is 0 Å². The maximum absolute atomic E-state index is 12.6. The van der Waals surface area contributed by atoms with Crippen LogP contribution in [0.2, 0.25) is 0 Å². The van der Waals surface area contributed by atoms with Crippen LogP contribution in [0, 0.1) is 13.8 Å². The van der Waals surface area contributed by atoms with Gasteiger partial charge in [0, 0.05) is 39.3 Å². The van der Waals surface area contributed by atoms with Gasteiger partial charge >= 0.3 is 0 Å². The molecule has 8 nitrogen and oxygen atoms in total. The minimum Gasteiger partial charge on any atom is -0.444 e. The van der Waals surface area contributed by atoms with Crippen LogP contribution in [0.1, 0.15) is 17.3 Å². The van der Waals surface area contributed by atoms with Crippen molar-refractivity contribution in [1.29, 1.82) is 0 Å². The second kappa shape index (κ2) is 6.86. The van der Waals surface area contributed by atoms with E-state index in [-0.39, 0.29) is 0 Å². The maximum atomic E-state index is 12.6. The van der Waals surface area contributed by atoms with E-state index < -0.39 is 10.2 Å². The lowest BCUT2D eigenvalue weighted by Gasteiger charge is -2.37. The van der Waals surface area contributed by atoms with Crippen LogP contribution >= 0.6 is 0 Å². The van der Waals surface area contributed by atoms with Crippen LogP contribution in [0.3, 0.4) is 0 Å². The largest absolute Gasteiger partial charge is 0.444 e. The molecule has 2 aliphatic heterocycles. The first-order chi connectivity index (χ1) is 11.0. The van der Waals surface area contributed by atoms with E-state index in [1.54, 1.807) is 4.31 Å². The van der Waals surface area contributed by atoms with Crippen molar-refractivity contribution in [2.24, 2.45) is 0 Å². The van der Waals surface area contributed by atoms with Crippen LogP contribution in [0.4, 0.5) is 0 Å². The number of oxazole rings is 1. The molecule has 0 aliphatic carbocycles. The normalized spacial score (nSPS) is 22.5. The number of rotatable bonds is 4. The zero-order valence-electron chi connectivity index (χ0n) is 13.7. The second-order valence-electron chi connectivity index (χ2n) is 5.94. The molecule has 0 radical (unpaired) electrons. The Morgan fingerprint density at radius 3 is 2.17 bits per heavy atom. The summed E-state index contributed by atoms with van der Waals surface area (Å²) in [7, 11) is -3.36. The van der Waals surface area contributed by atoms with Crippen LogP contribution in [0.15, 0.2) is 4.42 Å². The molecule has 3 rings (SSSR count). The molecule has 9 heteroatoms. The Bertz CT molecular complexity index is 612. The number of nitrogens with zero attached hydrogens (tertiary/aromatic N) is 4. The number of hydrogen-bond donors (Lipinski definition) is 0. The van der Waals surface area contributed by atoms with Crippen molar-refractivity contribution >= 4 is 10.2 Å². The van der Waals surface area contributed by atoms with E-state index in [0.29, 0.717) is 64.9 Å². The minimum absolute atomic E-state index is 0.442. The molecule has 3 heterocycles. The first-order valence-electron chi connectivity index (χ1n) is 7.95. The monoisotopic (exact) mass is 344 g/mol. The van der Waals surface area contributed by atoms with Gasteiger partial charge in [0.25, 0.3) is 10.2 Å². The Hall–Kier alpha value is -1.00. The molecule has 1 aromatic heterocycles. The molecule has 23 heavy (non-hydrogen) atoms. The van der Waals surface area contributed by atoms with E-state index in [9.17, 15) is 8.42 Å². The predicted molar refractivity (Wildman–Crippen MR) is 84.1 cm³/mol. The summed E-state index contributed by atoms with van der Waals surface area (Å²) in [5, 5.41) is 0. The van der Waals surface area contributed by atoms with E-state index in [0.717, 1.165) is 11.5 Å². The van der Waals surface area contributed by atoms with E-state index in [1.807, 2.05) is 13.8 Å². The minimum atomic E-state index is -3.36. The third kappa shape index (κ3) is 3.74. The van der Waals surface area contributed by atoms with Crippen LogP contribution in [-0.4, -0.2) is 79.4 Å². The van der Waals surface area contributed by atoms with Gasteiger partial charge in [-0.1, -0.05) is 0 Å². The van der Waals surface area contributed by atoms with Crippen molar-refractivity contribution in [3.05, 3.63) is 17.3 Å². The average molecular weight is 344 g/mol.